The lowest BCUT2D eigenvalue weighted by Crippen LogP contribution is -2.28. The molecule has 0 saturated carbocycles. The lowest BCUT2D eigenvalue weighted by Gasteiger charge is -2.27. The fourth-order valence-electron chi connectivity index (χ4n) is 2.80. The fraction of sp³-hybridized carbons (Fsp3) is 0.167. The van der Waals surface area contributed by atoms with Crippen molar-refractivity contribution >= 4 is 5.97 Å². The Morgan fingerprint density at radius 2 is 1.45 bits per heavy atom. The highest BCUT2D eigenvalue weighted by Crippen LogP contribution is 2.49. The maximum atomic E-state index is 12.0. The lowest BCUT2D eigenvalue weighted by molar-refractivity contribution is -0.149. The Kier molecular flexibility index (Phi) is 2.75. The van der Waals surface area contributed by atoms with Crippen LogP contribution >= 0.6 is 0 Å². The van der Waals surface area contributed by atoms with E-state index in [1.54, 1.807) is 6.92 Å². The molecular weight excluding hydrogens is 248 g/mol. The van der Waals surface area contributed by atoms with Crippen LogP contribution in [-0.2, 0) is 15.1 Å². The Morgan fingerprint density at radius 1 is 1.00 bits per heavy atom. The first-order valence-electron chi connectivity index (χ1n) is 6.62. The highest BCUT2D eigenvalue weighted by atomic mass is 16.6. The third-order valence-electron chi connectivity index (χ3n) is 3.82. The molecule has 2 aromatic carbocycles. The van der Waals surface area contributed by atoms with Crippen LogP contribution in [0.1, 0.15) is 25.0 Å². The number of carbonyl (C=O) groups is 1. The summed E-state index contributed by atoms with van der Waals surface area (Å²) in [6.07, 6.45) is 0. The van der Waals surface area contributed by atoms with Crippen LogP contribution in [0.3, 0.4) is 0 Å². The van der Waals surface area contributed by atoms with E-state index in [0.29, 0.717) is 5.57 Å². The quantitative estimate of drug-likeness (QED) is 0.604. The Bertz CT molecular complexity index is 667. The molecule has 0 N–H and O–H groups in total. The summed E-state index contributed by atoms with van der Waals surface area (Å²) in [5.74, 6) is -0.362. The van der Waals surface area contributed by atoms with Crippen molar-refractivity contribution in [3.8, 4) is 11.1 Å². The van der Waals surface area contributed by atoms with Gasteiger partial charge < -0.3 is 4.74 Å². The molecule has 0 spiro atoms. The van der Waals surface area contributed by atoms with E-state index in [9.17, 15) is 4.79 Å². The average molecular weight is 264 g/mol. The molecule has 2 nitrogen and oxygen atoms in total. The van der Waals surface area contributed by atoms with Gasteiger partial charge in [0.15, 0.2) is 5.60 Å². The van der Waals surface area contributed by atoms with Gasteiger partial charge in [0, 0.05) is 16.7 Å². The van der Waals surface area contributed by atoms with Gasteiger partial charge in [-0.15, -0.1) is 0 Å². The van der Waals surface area contributed by atoms with Crippen molar-refractivity contribution in [3.63, 3.8) is 0 Å². The summed E-state index contributed by atoms with van der Waals surface area (Å²) in [5.41, 5.74) is 3.96. The summed E-state index contributed by atoms with van der Waals surface area (Å²) < 4.78 is 5.77. The van der Waals surface area contributed by atoms with Gasteiger partial charge in [0.25, 0.3) is 0 Å². The van der Waals surface area contributed by atoms with E-state index in [0.717, 1.165) is 22.3 Å². The van der Waals surface area contributed by atoms with Crippen molar-refractivity contribution in [2.75, 3.05) is 0 Å². The Hall–Kier alpha value is -2.35. The van der Waals surface area contributed by atoms with E-state index >= 15 is 0 Å². The molecule has 2 aromatic rings. The zero-order chi connectivity index (χ0) is 14.3. The minimum Gasteiger partial charge on any atom is -0.446 e. The highest BCUT2D eigenvalue weighted by molar-refractivity contribution is 5.89. The first kappa shape index (κ1) is 12.7. The summed E-state index contributed by atoms with van der Waals surface area (Å²) in [5, 5.41) is 0. The predicted octanol–water partition coefficient (Wildman–Crippen LogP) is 4.05. The van der Waals surface area contributed by atoms with Crippen LogP contribution in [0, 0.1) is 0 Å². The molecule has 2 heteroatoms. The van der Waals surface area contributed by atoms with Crippen LogP contribution in [0.15, 0.2) is 60.7 Å². The second-order valence-electron chi connectivity index (χ2n) is 5.29. The van der Waals surface area contributed by atoms with Crippen LogP contribution < -0.4 is 0 Å². The largest absolute Gasteiger partial charge is 0.446 e. The minimum atomic E-state index is -0.747. The number of benzene rings is 2. The second-order valence-corrected chi connectivity index (χ2v) is 5.29. The van der Waals surface area contributed by atoms with E-state index in [4.69, 9.17) is 4.74 Å². The van der Waals surface area contributed by atoms with E-state index in [1.807, 2.05) is 43.3 Å². The third kappa shape index (κ3) is 1.68. The van der Waals surface area contributed by atoms with Gasteiger partial charge in [-0.25, -0.2) is 4.79 Å². The second kappa shape index (κ2) is 4.34. The summed E-state index contributed by atoms with van der Waals surface area (Å²) in [7, 11) is 0. The molecule has 0 heterocycles. The Labute approximate surface area is 118 Å². The zero-order valence-electron chi connectivity index (χ0n) is 11.6. The molecule has 100 valence electrons. The average Bonchev–Trinajstić information content (AvgIpc) is 2.70. The molecule has 0 atom stereocenters. The van der Waals surface area contributed by atoms with Crippen molar-refractivity contribution in [2.24, 2.45) is 0 Å². The van der Waals surface area contributed by atoms with Gasteiger partial charge in [-0.3, -0.25) is 0 Å². The van der Waals surface area contributed by atoms with E-state index in [1.165, 1.54) is 0 Å². The minimum absolute atomic E-state index is 0.362. The normalized spacial score (nSPS) is 14.3. The van der Waals surface area contributed by atoms with Crippen molar-refractivity contribution in [1.29, 1.82) is 0 Å². The molecular formula is C18H16O2. The van der Waals surface area contributed by atoms with Gasteiger partial charge in [-0.05, 0) is 25.0 Å². The Balaban J connectivity index is 2.20. The zero-order valence-corrected chi connectivity index (χ0v) is 11.6. The van der Waals surface area contributed by atoms with Crippen LogP contribution in [0.5, 0.6) is 0 Å². The molecule has 0 unspecified atom stereocenters. The van der Waals surface area contributed by atoms with Gasteiger partial charge in [-0.2, -0.15) is 0 Å². The molecule has 0 saturated heterocycles. The molecule has 3 rings (SSSR count). The molecule has 0 aromatic heterocycles. The smallest absolute Gasteiger partial charge is 0.334 e. The van der Waals surface area contributed by atoms with Gasteiger partial charge in [0.1, 0.15) is 0 Å². The van der Waals surface area contributed by atoms with Crippen molar-refractivity contribution in [1.82, 2.24) is 0 Å². The predicted molar refractivity (Wildman–Crippen MR) is 79.2 cm³/mol. The number of esters is 1. The number of hydrogen-bond donors (Lipinski definition) is 0. The molecule has 20 heavy (non-hydrogen) atoms. The topological polar surface area (TPSA) is 26.3 Å². The SMILES string of the molecule is C=C(C)C(=O)OC1(C)c2ccccc2-c2ccccc21. The Morgan fingerprint density at radius 3 is 1.90 bits per heavy atom. The number of ether oxygens (including phenoxy) is 1. The van der Waals surface area contributed by atoms with Gasteiger partial charge in [0.05, 0.1) is 0 Å². The molecule has 1 aliphatic carbocycles. The highest BCUT2D eigenvalue weighted by Gasteiger charge is 2.42. The number of rotatable bonds is 2. The fourth-order valence-corrected chi connectivity index (χ4v) is 2.80. The van der Waals surface area contributed by atoms with Crippen LogP contribution in [0.25, 0.3) is 11.1 Å². The van der Waals surface area contributed by atoms with Crippen molar-refractivity contribution in [3.05, 3.63) is 71.8 Å². The van der Waals surface area contributed by atoms with E-state index in [2.05, 4.69) is 18.7 Å². The van der Waals surface area contributed by atoms with Crippen LogP contribution in [0.4, 0.5) is 0 Å². The summed E-state index contributed by atoms with van der Waals surface area (Å²) in [6, 6.07) is 16.1. The van der Waals surface area contributed by atoms with Gasteiger partial charge >= 0.3 is 5.97 Å². The van der Waals surface area contributed by atoms with Crippen molar-refractivity contribution in [2.45, 2.75) is 19.4 Å². The van der Waals surface area contributed by atoms with Crippen molar-refractivity contribution < 1.29 is 9.53 Å². The molecule has 1 aliphatic rings. The monoisotopic (exact) mass is 264 g/mol. The molecule has 0 aliphatic heterocycles. The molecule has 0 radical (unpaired) electrons. The number of hydrogen-bond acceptors (Lipinski definition) is 2. The standard InChI is InChI=1S/C18H16O2/c1-12(2)17(19)20-18(3)15-10-6-4-8-13(15)14-9-5-7-11-16(14)18/h4-11H,1H2,2-3H3. The third-order valence-corrected chi connectivity index (χ3v) is 3.82. The number of carbonyl (C=O) groups excluding carboxylic acids is 1. The lowest BCUT2D eigenvalue weighted by atomic mass is 9.93. The summed E-state index contributed by atoms with van der Waals surface area (Å²) >= 11 is 0. The molecule has 0 bridgehead atoms. The number of fused-ring (bicyclic) bond motifs is 3. The molecule has 0 fully saturated rings. The maximum Gasteiger partial charge on any atom is 0.334 e. The van der Waals surface area contributed by atoms with Crippen LogP contribution in [-0.4, -0.2) is 5.97 Å². The first-order chi connectivity index (χ1) is 9.54. The molecule has 0 amide bonds. The van der Waals surface area contributed by atoms with Crippen LogP contribution in [0.2, 0.25) is 0 Å². The van der Waals surface area contributed by atoms with Gasteiger partial charge in [0.2, 0.25) is 0 Å². The van der Waals surface area contributed by atoms with E-state index < -0.39 is 5.60 Å². The van der Waals surface area contributed by atoms with E-state index in [-0.39, 0.29) is 5.97 Å². The first-order valence-corrected chi connectivity index (χ1v) is 6.62. The summed E-state index contributed by atoms with van der Waals surface area (Å²) in [6.45, 7) is 7.27. The van der Waals surface area contributed by atoms with Gasteiger partial charge in [-0.1, -0.05) is 55.1 Å². The maximum absolute atomic E-state index is 12.0. The summed E-state index contributed by atoms with van der Waals surface area (Å²) in [4.78, 5) is 12.0.